The largest absolute Gasteiger partial charge is 0.490 e. The molecule has 1 saturated heterocycles. The van der Waals surface area contributed by atoms with Crippen LogP contribution in [0.4, 0.5) is 0 Å². The Hall–Kier alpha value is -2.86. The first-order chi connectivity index (χ1) is 15.1. The van der Waals surface area contributed by atoms with Gasteiger partial charge in [-0.2, -0.15) is 0 Å². The van der Waals surface area contributed by atoms with Crippen LogP contribution in [0.5, 0.6) is 11.5 Å². The molecule has 6 heteroatoms. The molecule has 2 bridgehead atoms. The predicted octanol–water partition coefficient (Wildman–Crippen LogP) is 3.15. The predicted molar refractivity (Wildman–Crippen MR) is 115 cm³/mol. The maximum Gasteiger partial charge on any atom is 0.340 e. The summed E-state index contributed by atoms with van der Waals surface area (Å²) in [4.78, 5) is 19.4. The molecule has 0 unspecified atom stereocenters. The van der Waals surface area contributed by atoms with Gasteiger partial charge in [0, 0.05) is 35.3 Å². The van der Waals surface area contributed by atoms with Crippen molar-refractivity contribution in [2.75, 3.05) is 20.2 Å². The van der Waals surface area contributed by atoms with Crippen LogP contribution in [0.15, 0.2) is 48.8 Å². The van der Waals surface area contributed by atoms with Crippen molar-refractivity contribution in [1.29, 1.82) is 0 Å². The van der Waals surface area contributed by atoms with Gasteiger partial charge in [0.15, 0.2) is 17.6 Å². The highest BCUT2D eigenvalue weighted by atomic mass is 16.6. The summed E-state index contributed by atoms with van der Waals surface area (Å²) in [5.74, 6) is 1.60. The molecule has 2 aliphatic heterocycles. The monoisotopic (exact) mass is 418 g/mol. The summed E-state index contributed by atoms with van der Waals surface area (Å²) in [6.07, 6.45) is 8.75. The van der Waals surface area contributed by atoms with Crippen LogP contribution in [0.2, 0.25) is 0 Å². The maximum absolute atomic E-state index is 12.8. The Kier molecular flexibility index (Phi) is 4.15. The molecule has 2 aliphatic carbocycles. The van der Waals surface area contributed by atoms with E-state index >= 15 is 0 Å². The second-order valence-electron chi connectivity index (χ2n) is 8.96. The third kappa shape index (κ3) is 2.54. The van der Waals surface area contributed by atoms with Gasteiger partial charge in [0.25, 0.3) is 0 Å². The normalized spacial score (nSPS) is 32.2. The van der Waals surface area contributed by atoms with Crippen LogP contribution in [0.25, 0.3) is 0 Å². The second kappa shape index (κ2) is 6.82. The van der Waals surface area contributed by atoms with Gasteiger partial charge in [0.1, 0.15) is 6.10 Å². The standard InChI is InChI=1S/C25H26N2O4/c1-3-29-19-8-6-15-13-18-17-7-9-20(30-24(28)16-5-4-11-26-14-16)23-25(17,10-12-27(18)2)21(15)22(19)31-23/h4-9,11,14,17-18,20,23H,3,10,12-13H2,1-2H3/t17-,18+,20-,23-,25-/m0/s1. The minimum atomic E-state index is -0.458. The summed E-state index contributed by atoms with van der Waals surface area (Å²) in [6.45, 7) is 3.57. The lowest BCUT2D eigenvalue weighted by molar-refractivity contribution is -0.0556. The molecule has 0 radical (unpaired) electrons. The smallest absolute Gasteiger partial charge is 0.340 e. The number of piperidine rings is 1. The average Bonchev–Trinajstić information content (AvgIpc) is 3.14. The zero-order valence-electron chi connectivity index (χ0n) is 17.8. The minimum absolute atomic E-state index is 0.193. The number of nitrogens with zero attached hydrogens (tertiary/aromatic N) is 2. The van der Waals surface area contributed by atoms with Gasteiger partial charge in [-0.15, -0.1) is 0 Å². The number of benzene rings is 1. The zero-order chi connectivity index (χ0) is 21.2. The summed E-state index contributed by atoms with van der Waals surface area (Å²) in [7, 11) is 2.21. The van der Waals surface area contributed by atoms with E-state index in [0.29, 0.717) is 24.1 Å². The quantitative estimate of drug-likeness (QED) is 0.562. The number of hydrogen-bond acceptors (Lipinski definition) is 6. The number of pyridine rings is 1. The molecule has 0 N–H and O–H groups in total. The second-order valence-corrected chi connectivity index (χ2v) is 8.96. The fourth-order valence-corrected chi connectivity index (χ4v) is 6.25. The molecule has 31 heavy (non-hydrogen) atoms. The molecular formula is C25H26N2O4. The molecule has 1 aromatic heterocycles. The van der Waals surface area contributed by atoms with E-state index in [1.54, 1.807) is 18.3 Å². The number of ether oxygens (including phenoxy) is 3. The van der Waals surface area contributed by atoms with Crippen molar-refractivity contribution in [3.63, 3.8) is 0 Å². The van der Waals surface area contributed by atoms with Gasteiger partial charge in [-0.05, 0) is 63.2 Å². The number of esters is 1. The third-order valence-electron chi connectivity index (χ3n) is 7.56. The van der Waals surface area contributed by atoms with Gasteiger partial charge < -0.3 is 19.1 Å². The van der Waals surface area contributed by atoms with E-state index in [1.807, 2.05) is 19.1 Å². The molecule has 1 aromatic carbocycles. The van der Waals surface area contributed by atoms with E-state index < -0.39 is 6.10 Å². The molecule has 5 atom stereocenters. The molecule has 6 nitrogen and oxygen atoms in total. The topological polar surface area (TPSA) is 60.9 Å². The average molecular weight is 418 g/mol. The van der Waals surface area contributed by atoms with Gasteiger partial charge in [0.2, 0.25) is 0 Å². The number of aromatic nitrogens is 1. The van der Waals surface area contributed by atoms with Crippen molar-refractivity contribution >= 4 is 5.97 Å². The summed E-state index contributed by atoms with van der Waals surface area (Å²) in [6, 6.07) is 8.13. The molecule has 4 aliphatic rings. The van der Waals surface area contributed by atoms with E-state index in [1.165, 1.54) is 17.3 Å². The SMILES string of the molecule is CCOc1ccc2c3c1O[C@H]1[C@@H](OC(=O)c4cccnc4)C=C[C@H]4[C@@H](C2)N(C)CC[C@@]341. The number of likely N-dealkylation sites (tertiary alicyclic amines) is 1. The van der Waals surface area contributed by atoms with Gasteiger partial charge in [-0.25, -0.2) is 4.79 Å². The molecule has 6 rings (SSSR count). The van der Waals surface area contributed by atoms with Crippen LogP contribution in [-0.2, 0) is 16.6 Å². The van der Waals surface area contributed by atoms with Crippen molar-refractivity contribution in [3.05, 3.63) is 65.5 Å². The minimum Gasteiger partial charge on any atom is -0.490 e. The van der Waals surface area contributed by atoms with Crippen molar-refractivity contribution in [3.8, 4) is 11.5 Å². The number of rotatable bonds is 4. The molecule has 1 fully saturated rings. The zero-order valence-corrected chi connectivity index (χ0v) is 17.8. The summed E-state index contributed by atoms with van der Waals surface area (Å²) < 4.78 is 18.6. The number of carbonyl (C=O) groups excluding carboxylic acids is 1. The fraction of sp³-hybridized carbons (Fsp3) is 0.440. The Labute approximate surface area is 181 Å². The highest BCUT2D eigenvalue weighted by molar-refractivity contribution is 5.89. The lowest BCUT2D eigenvalue weighted by Crippen LogP contribution is -2.65. The van der Waals surface area contributed by atoms with Crippen LogP contribution < -0.4 is 9.47 Å². The number of likely N-dealkylation sites (N-methyl/N-ethyl adjacent to an activating group) is 1. The molecule has 2 aromatic rings. The van der Waals surface area contributed by atoms with Crippen LogP contribution in [0.3, 0.4) is 0 Å². The summed E-state index contributed by atoms with van der Waals surface area (Å²) in [5, 5.41) is 0. The Balaban J connectivity index is 1.45. The van der Waals surface area contributed by atoms with E-state index in [-0.39, 0.29) is 17.5 Å². The third-order valence-corrected chi connectivity index (χ3v) is 7.56. The fourth-order valence-electron chi connectivity index (χ4n) is 6.25. The van der Waals surface area contributed by atoms with Crippen molar-refractivity contribution < 1.29 is 19.0 Å². The number of carbonyl (C=O) groups is 1. The van der Waals surface area contributed by atoms with E-state index in [4.69, 9.17) is 14.2 Å². The Morgan fingerprint density at radius 1 is 1.32 bits per heavy atom. The Bertz CT molecular complexity index is 1070. The van der Waals surface area contributed by atoms with Crippen LogP contribution in [-0.4, -0.2) is 54.3 Å². The maximum atomic E-state index is 12.8. The lowest BCUT2D eigenvalue weighted by Gasteiger charge is -2.56. The van der Waals surface area contributed by atoms with Gasteiger partial charge >= 0.3 is 5.97 Å². The van der Waals surface area contributed by atoms with Crippen LogP contribution in [0.1, 0.15) is 34.8 Å². The molecule has 1 spiro atoms. The van der Waals surface area contributed by atoms with Crippen LogP contribution >= 0.6 is 0 Å². The summed E-state index contributed by atoms with van der Waals surface area (Å²) in [5.41, 5.74) is 2.87. The van der Waals surface area contributed by atoms with Crippen molar-refractivity contribution in [2.24, 2.45) is 5.92 Å². The van der Waals surface area contributed by atoms with E-state index in [0.717, 1.165) is 30.9 Å². The first-order valence-corrected chi connectivity index (χ1v) is 11.1. The first-order valence-electron chi connectivity index (χ1n) is 11.1. The Morgan fingerprint density at radius 2 is 2.23 bits per heavy atom. The van der Waals surface area contributed by atoms with Crippen LogP contribution in [0, 0.1) is 5.92 Å². The molecular weight excluding hydrogens is 392 g/mol. The molecule has 3 heterocycles. The molecule has 0 saturated carbocycles. The lowest BCUT2D eigenvalue weighted by atomic mass is 9.53. The van der Waals surface area contributed by atoms with E-state index in [9.17, 15) is 4.79 Å². The van der Waals surface area contributed by atoms with Gasteiger partial charge in [-0.3, -0.25) is 4.98 Å². The summed E-state index contributed by atoms with van der Waals surface area (Å²) >= 11 is 0. The highest BCUT2D eigenvalue weighted by Crippen LogP contribution is 2.62. The molecule has 0 amide bonds. The van der Waals surface area contributed by atoms with Gasteiger partial charge in [-0.1, -0.05) is 12.1 Å². The Morgan fingerprint density at radius 3 is 3.03 bits per heavy atom. The van der Waals surface area contributed by atoms with Crippen molar-refractivity contribution in [2.45, 2.75) is 43.4 Å². The number of hydrogen-bond donors (Lipinski definition) is 0. The van der Waals surface area contributed by atoms with Gasteiger partial charge in [0.05, 0.1) is 12.2 Å². The molecule has 160 valence electrons. The first kappa shape index (κ1) is 18.9. The van der Waals surface area contributed by atoms with E-state index in [2.05, 4.69) is 29.1 Å². The highest BCUT2D eigenvalue weighted by Gasteiger charge is 2.65. The van der Waals surface area contributed by atoms with Crippen molar-refractivity contribution in [1.82, 2.24) is 9.88 Å².